The number of nitrogens with one attached hydrogen (secondary N) is 1. The third-order valence-corrected chi connectivity index (χ3v) is 3.99. The van der Waals surface area contributed by atoms with Gasteiger partial charge in [0.1, 0.15) is 12.4 Å². The van der Waals surface area contributed by atoms with Crippen LogP contribution in [0, 0.1) is 6.92 Å². The van der Waals surface area contributed by atoms with Crippen LogP contribution in [0.15, 0.2) is 42.5 Å². The van der Waals surface area contributed by atoms with Crippen molar-refractivity contribution in [2.75, 3.05) is 7.05 Å². The fraction of sp³-hybridized carbons (Fsp3) is 0.333. The van der Waals surface area contributed by atoms with Gasteiger partial charge >= 0.3 is 0 Å². The third kappa shape index (κ3) is 4.23. The molecule has 0 fully saturated rings. The van der Waals surface area contributed by atoms with E-state index in [1.165, 1.54) is 5.56 Å². The predicted octanol–water partition coefficient (Wildman–Crippen LogP) is 4.90. The van der Waals surface area contributed by atoms with Crippen LogP contribution in [0.5, 0.6) is 5.75 Å². The predicted molar refractivity (Wildman–Crippen MR) is 89.1 cm³/mol. The maximum absolute atomic E-state index is 6.21. The molecule has 2 aromatic rings. The molecular formula is C18H22ClNO. The summed E-state index contributed by atoms with van der Waals surface area (Å²) in [5.74, 6) is 0.862. The standard InChI is InChI=1S/C18H22ClNO/c1-4-18(20-3)14-7-9-16(10-8-14)21-12-15-6-5-13(2)11-17(15)19/h5-11,18,20H,4,12H2,1-3H3. The largest absolute Gasteiger partial charge is 0.489 e. The van der Waals surface area contributed by atoms with Crippen LogP contribution in [-0.4, -0.2) is 7.05 Å². The van der Waals surface area contributed by atoms with E-state index in [4.69, 9.17) is 16.3 Å². The molecule has 1 unspecified atom stereocenters. The molecule has 1 N–H and O–H groups in total. The van der Waals surface area contributed by atoms with Crippen molar-refractivity contribution in [2.45, 2.75) is 32.9 Å². The van der Waals surface area contributed by atoms with Gasteiger partial charge in [0.05, 0.1) is 0 Å². The van der Waals surface area contributed by atoms with Gasteiger partial charge in [-0.15, -0.1) is 0 Å². The van der Waals surface area contributed by atoms with Crippen LogP contribution in [0.4, 0.5) is 0 Å². The van der Waals surface area contributed by atoms with Crippen molar-refractivity contribution < 1.29 is 4.74 Å². The van der Waals surface area contributed by atoms with Crippen molar-refractivity contribution in [3.8, 4) is 5.75 Å². The molecule has 0 bridgehead atoms. The molecular weight excluding hydrogens is 282 g/mol. The van der Waals surface area contributed by atoms with E-state index in [0.29, 0.717) is 12.6 Å². The highest BCUT2D eigenvalue weighted by atomic mass is 35.5. The molecule has 0 amide bonds. The summed E-state index contributed by atoms with van der Waals surface area (Å²) in [4.78, 5) is 0. The quantitative estimate of drug-likeness (QED) is 0.819. The molecule has 0 heterocycles. The Bertz CT molecular complexity index is 576. The van der Waals surface area contributed by atoms with Gasteiger partial charge < -0.3 is 10.1 Å². The summed E-state index contributed by atoms with van der Waals surface area (Å²) in [6.45, 7) is 4.69. The lowest BCUT2D eigenvalue weighted by Gasteiger charge is -2.15. The van der Waals surface area contributed by atoms with E-state index < -0.39 is 0 Å². The van der Waals surface area contributed by atoms with E-state index in [1.807, 2.05) is 44.3 Å². The summed E-state index contributed by atoms with van der Waals surface area (Å²) in [6, 6.07) is 14.7. The molecule has 21 heavy (non-hydrogen) atoms. The van der Waals surface area contributed by atoms with Crippen LogP contribution >= 0.6 is 11.6 Å². The molecule has 0 aliphatic heterocycles. The molecule has 0 saturated heterocycles. The van der Waals surface area contributed by atoms with Gasteiger partial charge in [0.25, 0.3) is 0 Å². The molecule has 0 aromatic heterocycles. The first kappa shape index (κ1) is 15.9. The SMILES string of the molecule is CCC(NC)c1ccc(OCc2ccc(C)cc2Cl)cc1. The number of hydrogen-bond acceptors (Lipinski definition) is 2. The lowest BCUT2D eigenvalue weighted by molar-refractivity contribution is 0.306. The van der Waals surface area contributed by atoms with Crippen LogP contribution in [-0.2, 0) is 6.61 Å². The normalized spacial score (nSPS) is 12.2. The van der Waals surface area contributed by atoms with E-state index in [1.54, 1.807) is 0 Å². The monoisotopic (exact) mass is 303 g/mol. The number of rotatable bonds is 6. The molecule has 0 aliphatic rings. The summed E-state index contributed by atoms with van der Waals surface area (Å²) >= 11 is 6.21. The second kappa shape index (κ2) is 7.48. The van der Waals surface area contributed by atoms with Crippen molar-refractivity contribution >= 4 is 11.6 Å². The van der Waals surface area contributed by atoms with Crippen LogP contribution in [0.3, 0.4) is 0 Å². The Morgan fingerprint density at radius 3 is 2.43 bits per heavy atom. The molecule has 2 rings (SSSR count). The highest BCUT2D eigenvalue weighted by Gasteiger charge is 2.06. The van der Waals surface area contributed by atoms with E-state index in [-0.39, 0.29) is 0 Å². The zero-order chi connectivity index (χ0) is 15.2. The topological polar surface area (TPSA) is 21.3 Å². The maximum atomic E-state index is 6.21. The van der Waals surface area contributed by atoms with Gasteiger partial charge in [-0.1, -0.05) is 42.8 Å². The second-order valence-corrected chi connectivity index (χ2v) is 5.61. The fourth-order valence-corrected chi connectivity index (χ4v) is 2.62. The van der Waals surface area contributed by atoms with Crippen molar-refractivity contribution in [3.63, 3.8) is 0 Å². The Labute approximate surface area is 132 Å². The van der Waals surface area contributed by atoms with E-state index in [2.05, 4.69) is 24.4 Å². The number of hydrogen-bond donors (Lipinski definition) is 1. The highest BCUT2D eigenvalue weighted by molar-refractivity contribution is 6.31. The van der Waals surface area contributed by atoms with Crippen LogP contribution in [0.25, 0.3) is 0 Å². The van der Waals surface area contributed by atoms with Crippen molar-refractivity contribution in [1.29, 1.82) is 0 Å². The molecule has 3 heteroatoms. The number of ether oxygens (including phenoxy) is 1. The number of halogens is 1. The lowest BCUT2D eigenvalue weighted by Crippen LogP contribution is -2.14. The Morgan fingerprint density at radius 1 is 1.14 bits per heavy atom. The molecule has 2 nitrogen and oxygen atoms in total. The highest BCUT2D eigenvalue weighted by Crippen LogP contribution is 2.22. The molecule has 0 saturated carbocycles. The lowest BCUT2D eigenvalue weighted by atomic mass is 10.0. The molecule has 1 atom stereocenters. The minimum Gasteiger partial charge on any atom is -0.489 e. The molecule has 112 valence electrons. The Kier molecular flexibility index (Phi) is 5.66. The van der Waals surface area contributed by atoms with Gasteiger partial charge in [-0.3, -0.25) is 0 Å². The first-order chi connectivity index (χ1) is 10.1. The summed E-state index contributed by atoms with van der Waals surface area (Å²) < 4.78 is 5.81. The summed E-state index contributed by atoms with van der Waals surface area (Å²) in [7, 11) is 1.98. The summed E-state index contributed by atoms with van der Waals surface area (Å²) in [5, 5.41) is 4.06. The Balaban J connectivity index is 2.00. The molecule has 0 aliphatic carbocycles. The van der Waals surface area contributed by atoms with E-state index >= 15 is 0 Å². The maximum Gasteiger partial charge on any atom is 0.119 e. The van der Waals surface area contributed by atoms with Crippen LogP contribution in [0.2, 0.25) is 5.02 Å². The van der Waals surface area contributed by atoms with E-state index in [9.17, 15) is 0 Å². The van der Waals surface area contributed by atoms with Gasteiger partial charge in [-0.05, 0) is 49.7 Å². The average molecular weight is 304 g/mol. The minimum atomic E-state index is 0.394. The van der Waals surface area contributed by atoms with Gasteiger partial charge in [-0.25, -0.2) is 0 Å². The van der Waals surface area contributed by atoms with Gasteiger partial charge in [0, 0.05) is 16.6 Å². The number of aryl methyl sites for hydroxylation is 1. The van der Waals surface area contributed by atoms with Crippen LogP contribution in [0.1, 0.15) is 36.1 Å². The summed E-state index contributed by atoms with van der Waals surface area (Å²) in [6.07, 6.45) is 1.07. The zero-order valence-electron chi connectivity index (χ0n) is 12.8. The zero-order valence-corrected chi connectivity index (χ0v) is 13.6. The first-order valence-electron chi connectivity index (χ1n) is 7.29. The summed E-state index contributed by atoms with van der Waals surface area (Å²) in [5.41, 5.74) is 3.44. The van der Waals surface area contributed by atoms with Gasteiger partial charge in [0.15, 0.2) is 0 Å². The Morgan fingerprint density at radius 2 is 1.86 bits per heavy atom. The van der Waals surface area contributed by atoms with Crippen LogP contribution < -0.4 is 10.1 Å². The van der Waals surface area contributed by atoms with Crippen molar-refractivity contribution in [2.24, 2.45) is 0 Å². The molecule has 0 spiro atoms. The second-order valence-electron chi connectivity index (χ2n) is 5.20. The molecule has 2 aromatic carbocycles. The third-order valence-electron chi connectivity index (χ3n) is 3.64. The van der Waals surface area contributed by atoms with Gasteiger partial charge in [0.2, 0.25) is 0 Å². The minimum absolute atomic E-state index is 0.394. The Hall–Kier alpha value is -1.51. The smallest absolute Gasteiger partial charge is 0.119 e. The number of benzene rings is 2. The first-order valence-corrected chi connectivity index (χ1v) is 7.67. The fourth-order valence-electron chi connectivity index (χ4n) is 2.33. The van der Waals surface area contributed by atoms with E-state index in [0.717, 1.165) is 28.3 Å². The van der Waals surface area contributed by atoms with Crippen molar-refractivity contribution in [1.82, 2.24) is 5.32 Å². The molecule has 0 radical (unpaired) electrons. The average Bonchev–Trinajstić information content (AvgIpc) is 2.49. The van der Waals surface area contributed by atoms with Gasteiger partial charge in [-0.2, -0.15) is 0 Å². The van der Waals surface area contributed by atoms with Crippen molar-refractivity contribution in [3.05, 3.63) is 64.2 Å².